The van der Waals surface area contributed by atoms with E-state index in [1.165, 1.54) is 0 Å². The average molecular weight is 268 g/mol. The minimum atomic E-state index is -0.918. The lowest BCUT2D eigenvalue weighted by molar-refractivity contribution is -0.137. The smallest absolute Gasteiger partial charge is 0.315 e. The maximum absolute atomic E-state index is 11.7. The van der Waals surface area contributed by atoms with Crippen molar-refractivity contribution in [2.24, 2.45) is 0 Å². The van der Waals surface area contributed by atoms with E-state index in [0.29, 0.717) is 13.0 Å². The number of aliphatic carboxylic acids is 1. The van der Waals surface area contributed by atoms with Gasteiger partial charge in [-0.15, -0.1) is 0 Å². The van der Waals surface area contributed by atoms with Gasteiger partial charge in [-0.2, -0.15) is 0 Å². The third-order valence-corrected chi connectivity index (χ3v) is 2.67. The predicted molar refractivity (Wildman–Crippen MR) is 69.7 cm³/mol. The molecule has 106 valence electrons. The number of nitrogens with zero attached hydrogens (tertiary/aromatic N) is 2. The number of carbonyl (C=O) groups excluding carboxylic acids is 1. The molecule has 0 aliphatic heterocycles. The molecule has 0 saturated carbocycles. The van der Waals surface area contributed by atoms with Gasteiger partial charge in [0.25, 0.3) is 0 Å². The number of hydrogen-bond acceptors (Lipinski definition) is 3. The molecule has 0 radical (unpaired) electrons. The molecule has 0 bridgehead atoms. The van der Waals surface area contributed by atoms with Crippen LogP contribution in [0.5, 0.6) is 0 Å². The molecule has 0 aliphatic rings. The third kappa shape index (κ3) is 5.89. The monoisotopic (exact) mass is 268 g/mol. The van der Waals surface area contributed by atoms with Gasteiger partial charge in [-0.05, 0) is 13.3 Å². The summed E-state index contributed by atoms with van der Waals surface area (Å²) in [7, 11) is 0. The zero-order valence-electron chi connectivity index (χ0n) is 11.2. The quantitative estimate of drug-likeness (QED) is 0.682. The molecule has 1 heterocycles. The second kappa shape index (κ2) is 7.40. The number of rotatable bonds is 7. The van der Waals surface area contributed by atoms with E-state index in [2.05, 4.69) is 15.6 Å². The van der Waals surface area contributed by atoms with Crippen LogP contribution < -0.4 is 10.6 Å². The van der Waals surface area contributed by atoms with Crippen molar-refractivity contribution in [2.45, 2.75) is 45.3 Å². The lowest BCUT2D eigenvalue weighted by Gasteiger charge is -2.19. The van der Waals surface area contributed by atoms with E-state index in [-0.39, 0.29) is 24.5 Å². The lowest BCUT2D eigenvalue weighted by Crippen LogP contribution is -2.46. The first kappa shape index (κ1) is 15.0. The second-order valence-corrected chi connectivity index (χ2v) is 4.48. The summed E-state index contributed by atoms with van der Waals surface area (Å²) in [6.07, 6.45) is 5.67. The van der Waals surface area contributed by atoms with Gasteiger partial charge in [0.1, 0.15) is 0 Å². The summed E-state index contributed by atoms with van der Waals surface area (Å²) in [5, 5.41) is 14.1. The summed E-state index contributed by atoms with van der Waals surface area (Å²) in [6, 6.07) is -0.768. The zero-order chi connectivity index (χ0) is 14.3. The maximum atomic E-state index is 11.7. The van der Waals surface area contributed by atoms with E-state index in [1.54, 1.807) is 12.5 Å². The van der Waals surface area contributed by atoms with Gasteiger partial charge < -0.3 is 20.3 Å². The van der Waals surface area contributed by atoms with Crippen molar-refractivity contribution in [3.8, 4) is 0 Å². The summed E-state index contributed by atoms with van der Waals surface area (Å²) in [5.41, 5.74) is 0. The molecule has 2 amide bonds. The van der Waals surface area contributed by atoms with Crippen molar-refractivity contribution in [3.05, 3.63) is 18.7 Å². The topological polar surface area (TPSA) is 96.3 Å². The Morgan fingerprint density at radius 1 is 1.42 bits per heavy atom. The highest BCUT2D eigenvalue weighted by Crippen LogP contribution is 1.98. The van der Waals surface area contributed by atoms with Crippen molar-refractivity contribution in [1.82, 2.24) is 20.2 Å². The molecule has 2 atom stereocenters. The SMILES string of the molecule is CCC(CC(=O)O)NC(=O)NC(C)Cn1ccnc1. The molecular formula is C12H20N4O3. The van der Waals surface area contributed by atoms with Crippen LogP contribution in [0.25, 0.3) is 0 Å². The molecule has 2 unspecified atom stereocenters. The number of urea groups is 1. The van der Waals surface area contributed by atoms with Crippen molar-refractivity contribution >= 4 is 12.0 Å². The molecule has 1 aromatic rings. The number of aromatic nitrogens is 2. The summed E-state index contributed by atoms with van der Waals surface area (Å²) >= 11 is 0. The fourth-order valence-electron chi connectivity index (χ4n) is 1.72. The number of hydrogen-bond donors (Lipinski definition) is 3. The van der Waals surface area contributed by atoms with Gasteiger partial charge in [-0.1, -0.05) is 6.92 Å². The first-order valence-electron chi connectivity index (χ1n) is 6.25. The molecule has 7 heteroatoms. The van der Waals surface area contributed by atoms with E-state index < -0.39 is 5.97 Å². The molecule has 0 fully saturated rings. The Labute approximate surface area is 112 Å². The first-order chi connectivity index (χ1) is 9.01. The molecule has 19 heavy (non-hydrogen) atoms. The van der Waals surface area contributed by atoms with E-state index >= 15 is 0 Å². The van der Waals surface area contributed by atoms with Crippen LogP contribution in [0.15, 0.2) is 18.7 Å². The van der Waals surface area contributed by atoms with E-state index in [4.69, 9.17) is 5.11 Å². The van der Waals surface area contributed by atoms with Gasteiger partial charge in [0.2, 0.25) is 0 Å². The Morgan fingerprint density at radius 3 is 2.68 bits per heavy atom. The Hall–Kier alpha value is -2.05. The van der Waals surface area contributed by atoms with Crippen molar-refractivity contribution in [1.29, 1.82) is 0 Å². The van der Waals surface area contributed by atoms with Crippen LogP contribution >= 0.6 is 0 Å². The molecule has 0 spiro atoms. The second-order valence-electron chi connectivity index (χ2n) is 4.48. The summed E-state index contributed by atoms with van der Waals surface area (Å²) in [4.78, 5) is 26.2. The Bertz CT molecular complexity index is 405. The van der Waals surface area contributed by atoms with Crippen molar-refractivity contribution in [3.63, 3.8) is 0 Å². The molecule has 0 aliphatic carbocycles. The minimum Gasteiger partial charge on any atom is -0.481 e. The van der Waals surface area contributed by atoms with Crippen molar-refractivity contribution < 1.29 is 14.7 Å². The molecule has 1 rings (SSSR count). The molecule has 0 saturated heterocycles. The number of carbonyl (C=O) groups is 2. The standard InChI is InChI=1S/C12H20N4O3/c1-3-10(6-11(17)18)15-12(19)14-9(2)7-16-5-4-13-8-16/h4-5,8-10H,3,6-7H2,1-2H3,(H,17,18)(H2,14,15,19). The van der Waals surface area contributed by atoms with Gasteiger partial charge in [0.15, 0.2) is 0 Å². The van der Waals surface area contributed by atoms with Crippen LogP contribution in [0.1, 0.15) is 26.7 Å². The molecule has 1 aromatic heterocycles. The Morgan fingerprint density at radius 2 is 2.16 bits per heavy atom. The van der Waals surface area contributed by atoms with Crippen LogP contribution in [0.2, 0.25) is 0 Å². The Kier molecular flexibility index (Phi) is 5.84. The summed E-state index contributed by atoms with van der Waals surface area (Å²) in [6.45, 7) is 4.32. The van der Waals surface area contributed by atoms with Gasteiger partial charge in [-0.3, -0.25) is 4.79 Å². The number of carboxylic acids is 1. The van der Waals surface area contributed by atoms with E-state index in [9.17, 15) is 9.59 Å². The molecular weight excluding hydrogens is 248 g/mol. The normalized spacial score (nSPS) is 13.6. The number of amides is 2. The lowest BCUT2D eigenvalue weighted by atomic mass is 10.1. The fraction of sp³-hybridized carbons (Fsp3) is 0.583. The summed E-state index contributed by atoms with van der Waals surface area (Å²) < 4.78 is 1.86. The van der Waals surface area contributed by atoms with Crippen LogP contribution in [-0.4, -0.2) is 38.7 Å². The third-order valence-electron chi connectivity index (χ3n) is 2.67. The van der Waals surface area contributed by atoms with Gasteiger partial charge in [0, 0.05) is 31.0 Å². The first-order valence-corrected chi connectivity index (χ1v) is 6.25. The van der Waals surface area contributed by atoms with Crippen LogP contribution in [0.3, 0.4) is 0 Å². The van der Waals surface area contributed by atoms with Crippen LogP contribution in [0, 0.1) is 0 Å². The molecule has 3 N–H and O–H groups in total. The number of carboxylic acid groups (broad SMARTS) is 1. The van der Waals surface area contributed by atoms with Crippen LogP contribution in [-0.2, 0) is 11.3 Å². The van der Waals surface area contributed by atoms with Crippen molar-refractivity contribution in [2.75, 3.05) is 0 Å². The molecule has 7 nitrogen and oxygen atoms in total. The number of nitrogens with one attached hydrogen (secondary N) is 2. The minimum absolute atomic E-state index is 0.0696. The summed E-state index contributed by atoms with van der Waals surface area (Å²) in [5.74, 6) is -0.918. The van der Waals surface area contributed by atoms with Gasteiger partial charge in [-0.25, -0.2) is 9.78 Å². The zero-order valence-corrected chi connectivity index (χ0v) is 11.2. The highest BCUT2D eigenvalue weighted by Gasteiger charge is 2.15. The van der Waals surface area contributed by atoms with Gasteiger partial charge >= 0.3 is 12.0 Å². The van der Waals surface area contributed by atoms with Crippen LogP contribution in [0.4, 0.5) is 4.79 Å². The largest absolute Gasteiger partial charge is 0.481 e. The maximum Gasteiger partial charge on any atom is 0.315 e. The fourth-order valence-corrected chi connectivity index (χ4v) is 1.72. The predicted octanol–water partition coefficient (Wildman–Crippen LogP) is 0.824. The average Bonchev–Trinajstić information content (AvgIpc) is 2.79. The highest BCUT2D eigenvalue weighted by atomic mass is 16.4. The highest BCUT2D eigenvalue weighted by molar-refractivity contribution is 5.75. The number of imidazole rings is 1. The molecule has 0 aromatic carbocycles. The van der Waals surface area contributed by atoms with Gasteiger partial charge in [0.05, 0.1) is 12.7 Å². The van der Waals surface area contributed by atoms with E-state index in [0.717, 1.165) is 0 Å². The van der Waals surface area contributed by atoms with E-state index in [1.807, 2.05) is 24.6 Å². The Balaban J connectivity index is 2.34.